The summed E-state index contributed by atoms with van der Waals surface area (Å²) in [6.07, 6.45) is 1.85. The molecule has 1 heterocycles. The molecule has 0 bridgehead atoms. The largest absolute Gasteiger partial charge is 0.467 e. The van der Waals surface area contributed by atoms with Crippen molar-refractivity contribution < 1.29 is 23.5 Å². The Hall–Kier alpha value is -2.16. The number of carbonyl (C=O) groups excluding carboxylic acids is 2. The van der Waals surface area contributed by atoms with Gasteiger partial charge >= 0.3 is 5.97 Å². The van der Waals surface area contributed by atoms with Crippen molar-refractivity contribution in [1.29, 1.82) is 0 Å². The zero-order valence-electron chi connectivity index (χ0n) is 13.9. The number of nitrogens with one attached hydrogen (secondary N) is 2. The summed E-state index contributed by atoms with van der Waals surface area (Å²) in [5.74, 6) is -1.47. The Kier molecular flexibility index (Phi) is 7.82. The molecule has 2 unspecified atom stereocenters. The fraction of sp³-hybridized carbons (Fsp3) is 0.375. The predicted molar refractivity (Wildman–Crippen MR) is 93.0 cm³/mol. The average Bonchev–Trinajstić information content (AvgIpc) is 2.95. The molecule has 0 fully saturated rings. The third-order valence-electron chi connectivity index (χ3n) is 3.64. The number of hydrogen-bond donors (Lipinski definition) is 3. The Morgan fingerprint density at radius 2 is 2.08 bits per heavy atom. The molecule has 2 rings (SSSR count). The number of aromatic nitrogens is 1. The lowest BCUT2D eigenvalue weighted by Crippen LogP contribution is -2.51. The first-order valence-corrected chi connectivity index (χ1v) is 7.34. The van der Waals surface area contributed by atoms with Crippen LogP contribution in [0, 0.1) is 5.82 Å². The fourth-order valence-electron chi connectivity index (χ4n) is 2.42. The second-order valence-electron chi connectivity index (χ2n) is 5.35. The van der Waals surface area contributed by atoms with E-state index in [0.29, 0.717) is 5.52 Å². The third kappa shape index (κ3) is 5.15. The van der Waals surface area contributed by atoms with Gasteiger partial charge in [0.15, 0.2) is 0 Å². The topological polar surface area (TPSA) is 106 Å². The molecular formula is C16H21ClFN3O4. The van der Waals surface area contributed by atoms with Crippen LogP contribution in [-0.4, -0.2) is 49.8 Å². The van der Waals surface area contributed by atoms with Crippen LogP contribution in [0.2, 0.25) is 0 Å². The number of halogens is 2. The summed E-state index contributed by atoms with van der Waals surface area (Å²) in [6.45, 7) is 0.0338. The minimum atomic E-state index is -0.908. The number of hydrogen-bond acceptors (Lipinski definition) is 5. The number of rotatable bonds is 7. The van der Waals surface area contributed by atoms with Gasteiger partial charge in [-0.05, 0) is 23.8 Å². The number of fused-ring (bicyclic) bond motifs is 1. The summed E-state index contributed by atoms with van der Waals surface area (Å²) in [5, 5.41) is 3.32. The minimum Gasteiger partial charge on any atom is -0.467 e. The summed E-state index contributed by atoms with van der Waals surface area (Å²) in [4.78, 5) is 26.9. The van der Waals surface area contributed by atoms with Gasteiger partial charge in [-0.25, -0.2) is 9.18 Å². The maximum Gasteiger partial charge on any atom is 0.328 e. The van der Waals surface area contributed by atoms with E-state index >= 15 is 0 Å². The van der Waals surface area contributed by atoms with E-state index in [1.165, 1.54) is 26.4 Å². The SMILES string of the molecule is COCC(N)C(=O)NC(Cc1c[nH]c2cc(F)ccc12)C(=O)OC.Cl. The number of H-pyrrole nitrogens is 1. The lowest BCUT2D eigenvalue weighted by atomic mass is 10.0. The molecule has 0 aliphatic carbocycles. The molecular weight excluding hydrogens is 353 g/mol. The number of esters is 1. The Labute approximate surface area is 150 Å². The molecule has 1 aromatic heterocycles. The van der Waals surface area contributed by atoms with Gasteiger partial charge in [0.1, 0.15) is 17.9 Å². The number of methoxy groups -OCH3 is 2. The lowest BCUT2D eigenvalue weighted by Gasteiger charge is -2.18. The van der Waals surface area contributed by atoms with Crippen LogP contribution >= 0.6 is 12.4 Å². The maximum absolute atomic E-state index is 13.2. The summed E-state index contributed by atoms with van der Waals surface area (Å²) >= 11 is 0. The van der Waals surface area contributed by atoms with Crippen molar-refractivity contribution in [3.8, 4) is 0 Å². The highest BCUT2D eigenvalue weighted by molar-refractivity contribution is 5.89. The highest BCUT2D eigenvalue weighted by Crippen LogP contribution is 2.20. The van der Waals surface area contributed by atoms with Crippen LogP contribution in [0.4, 0.5) is 4.39 Å². The molecule has 0 saturated carbocycles. The van der Waals surface area contributed by atoms with Gasteiger partial charge in [0.25, 0.3) is 0 Å². The number of aromatic amines is 1. The van der Waals surface area contributed by atoms with Crippen molar-refractivity contribution in [2.75, 3.05) is 20.8 Å². The van der Waals surface area contributed by atoms with Crippen molar-refractivity contribution >= 4 is 35.2 Å². The standard InChI is InChI=1S/C16H20FN3O4.ClH/c1-23-8-12(18)15(21)20-14(16(22)24-2)5-9-7-19-13-6-10(17)3-4-11(9)13;/h3-4,6-7,12,14,19H,5,8,18H2,1-2H3,(H,20,21);1H. The van der Waals surface area contributed by atoms with Gasteiger partial charge in [0, 0.05) is 30.6 Å². The molecule has 0 radical (unpaired) electrons. The molecule has 1 amide bonds. The predicted octanol–water partition coefficient (Wildman–Crippen LogP) is 0.903. The van der Waals surface area contributed by atoms with Crippen LogP contribution < -0.4 is 11.1 Å². The molecule has 0 saturated heterocycles. The van der Waals surface area contributed by atoms with E-state index in [9.17, 15) is 14.0 Å². The zero-order valence-corrected chi connectivity index (χ0v) is 14.7. The first-order chi connectivity index (χ1) is 11.5. The van der Waals surface area contributed by atoms with Crippen molar-refractivity contribution in [2.24, 2.45) is 5.73 Å². The summed E-state index contributed by atoms with van der Waals surface area (Å²) in [6, 6.07) is 2.51. The molecule has 2 atom stereocenters. The Balaban J connectivity index is 0.00000312. The summed E-state index contributed by atoms with van der Waals surface area (Å²) in [5.41, 5.74) is 7.02. The van der Waals surface area contributed by atoms with E-state index in [1.807, 2.05) is 0 Å². The molecule has 0 aliphatic heterocycles. The summed E-state index contributed by atoms with van der Waals surface area (Å²) in [7, 11) is 2.66. The second kappa shape index (κ2) is 9.36. The minimum absolute atomic E-state index is 0. The molecule has 9 heteroatoms. The monoisotopic (exact) mass is 373 g/mol. The van der Waals surface area contributed by atoms with Crippen molar-refractivity contribution in [3.63, 3.8) is 0 Å². The fourth-order valence-corrected chi connectivity index (χ4v) is 2.42. The van der Waals surface area contributed by atoms with E-state index in [2.05, 4.69) is 10.3 Å². The van der Waals surface area contributed by atoms with Crippen molar-refractivity contribution in [3.05, 3.63) is 35.8 Å². The van der Waals surface area contributed by atoms with Gasteiger partial charge < -0.3 is 25.5 Å². The Bertz CT molecular complexity index is 737. The van der Waals surface area contributed by atoms with Crippen LogP contribution in [-0.2, 0) is 25.5 Å². The van der Waals surface area contributed by atoms with Gasteiger partial charge in [-0.2, -0.15) is 0 Å². The van der Waals surface area contributed by atoms with Gasteiger partial charge in [-0.15, -0.1) is 12.4 Å². The van der Waals surface area contributed by atoms with Crippen LogP contribution in [0.3, 0.4) is 0 Å². The number of benzene rings is 1. The van der Waals surface area contributed by atoms with E-state index in [0.717, 1.165) is 10.9 Å². The van der Waals surface area contributed by atoms with Crippen molar-refractivity contribution in [1.82, 2.24) is 10.3 Å². The lowest BCUT2D eigenvalue weighted by molar-refractivity contribution is -0.145. The van der Waals surface area contributed by atoms with E-state index in [4.69, 9.17) is 15.2 Å². The van der Waals surface area contributed by atoms with Gasteiger partial charge in [-0.3, -0.25) is 4.79 Å². The quantitative estimate of drug-likeness (QED) is 0.625. The van der Waals surface area contributed by atoms with Crippen LogP contribution in [0.15, 0.2) is 24.4 Å². The van der Waals surface area contributed by atoms with Crippen LogP contribution in [0.1, 0.15) is 5.56 Å². The van der Waals surface area contributed by atoms with E-state index < -0.39 is 24.0 Å². The number of amides is 1. The second-order valence-corrected chi connectivity index (χ2v) is 5.35. The van der Waals surface area contributed by atoms with Crippen molar-refractivity contribution in [2.45, 2.75) is 18.5 Å². The molecule has 4 N–H and O–H groups in total. The Morgan fingerprint density at radius 1 is 1.36 bits per heavy atom. The smallest absolute Gasteiger partial charge is 0.328 e. The van der Waals surface area contributed by atoms with Gasteiger partial charge in [-0.1, -0.05) is 0 Å². The highest BCUT2D eigenvalue weighted by Gasteiger charge is 2.25. The molecule has 1 aromatic carbocycles. The van der Waals surface area contributed by atoms with Crippen LogP contribution in [0.5, 0.6) is 0 Å². The highest BCUT2D eigenvalue weighted by atomic mass is 35.5. The number of nitrogens with two attached hydrogens (primary N) is 1. The molecule has 0 aliphatic rings. The van der Waals surface area contributed by atoms with Crippen LogP contribution in [0.25, 0.3) is 10.9 Å². The number of carbonyl (C=O) groups is 2. The molecule has 0 spiro atoms. The molecule has 2 aromatic rings. The van der Waals surface area contributed by atoms with E-state index in [-0.39, 0.29) is 31.3 Å². The summed E-state index contributed by atoms with van der Waals surface area (Å²) < 4.78 is 22.8. The first kappa shape index (κ1) is 20.9. The maximum atomic E-state index is 13.2. The van der Waals surface area contributed by atoms with Gasteiger partial charge in [0.2, 0.25) is 5.91 Å². The average molecular weight is 374 g/mol. The van der Waals surface area contributed by atoms with E-state index in [1.54, 1.807) is 12.3 Å². The number of ether oxygens (including phenoxy) is 2. The third-order valence-corrected chi connectivity index (χ3v) is 3.64. The molecule has 138 valence electrons. The Morgan fingerprint density at radius 3 is 2.72 bits per heavy atom. The van der Waals surface area contributed by atoms with Gasteiger partial charge in [0.05, 0.1) is 13.7 Å². The zero-order chi connectivity index (χ0) is 17.7. The normalized spacial score (nSPS) is 13.0. The molecule has 7 nitrogen and oxygen atoms in total. The molecule has 25 heavy (non-hydrogen) atoms. The first-order valence-electron chi connectivity index (χ1n) is 7.34.